The van der Waals surface area contributed by atoms with Crippen molar-refractivity contribution in [2.24, 2.45) is 0 Å². The van der Waals surface area contributed by atoms with Gasteiger partial charge in [-0.1, -0.05) is 12.2 Å². The van der Waals surface area contributed by atoms with Crippen LogP contribution in [0.15, 0.2) is 25.3 Å². The number of methoxy groups -OCH3 is 1. The van der Waals surface area contributed by atoms with Gasteiger partial charge in [0.15, 0.2) is 0 Å². The van der Waals surface area contributed by atoms with Crippen LogP contribution < -0.4 is 0 Å². The van der Waals surface area contributed by atoms with Gasteiger partial charge in [0.2, 0.25) is 0 Å². The van der Waals surface area contributed by atoms with Crippen LogP contribution in [0.4, 0.5) is 0 Å². The van der Waals surface area contributed by atoms with E-state index < -0.39 is 0 Å². The lowest BCUT2D eigenvalue weighted by Crippen LogP contribution is -2.27. The molecule has 0 aliphatic rings. The lowest BCUT2D eigenvalue weighted by molar-refractivity contribution is 0.160. The van der Waals surface area contributed by atoms with Gasteiger partial charge >= 0.3 is 0 Å². The first kappa shape index (κ1) is 14.4. The van der Waals surface area contributed by atoms with E-state index in [4.69, 9.17) is 4.74 Å². The van der Waals surface area contributed by atoms with Crippen LogP contribution in [-0.2, 0) is 4.74 Å². The van der Waals surface area contributed by atoms with E-state index in [1.54, 1.807) is 7.11 Å². The molecule has 0 aromatic rings. The second kappa shape index (κ2) is 10.9. The topological polar surface area (TPSA) is 12.5 Å². The number of halogens is 1. The van der Waals surface area contributed by atoms with Crippen molar-refractivity contribution in [1.29, 1.82) is 0 Å². The first-order valence-electron chi connectivity index (χ1n) is 3.78. The minimum Gasteiger partial charge on any atom is -0.383 e. The highest BCUT2D eigenvalue weighted by atomic mass is 79.9. The summed E-state index contributed by atoms with van der Waals surface area (Å²) >= 11 is 0. The number of rotatable bonds is 7. The van der Waals surface area contributed by atoms with Crippen molar-refractivity contribution in [2.45, 2.75) is 0 Å². The standard InChI is InChI=1S/C9H17NO.BrH/c1-4-6-10(7-5-2)8-9-11-3;/h4-5H,1-2,6-9H2,3H3;1H. The fourth-order valence-corrected chi connectivity index (χ4v) is 0.843. The molecule has 0 aliphatic heterocycles. The average Bonchev–Trinajstić information content (AvgIpc) is 2.01. The van der Waals surface area contributed by atoms with Crippen molar-refractivity contribution in [3.8, 4) is 0 Å². The first-order valence-corrected chi connectivity index (χ1v) is 3.78. The Labute approximate surface area is 85.7 Å². The van der Waals surface area contributed by atoms with Gasteiger partial charge in [-0.15, -0.1) is 30.1 Å². The van der Waals surface area contributed by atoms with Crippen LogP contribution >= 0.6 is 17.0 Å². The molecule has 0 fully saturated rings. The van der Waals surface area contributed by atoms with Crippen molar-refractivity contribution in [2.75, 3.05) is 33.4 Å². The molecule has 0 aromatic heterocycles. The van der Waals surface area contributed by atoms with E-state index >= 15 is 0 Å². The summed E-state index contributed by atoms with van der Waals surface area (Å²) in [5.41, 5.74) is 0. The summed E-state index contributed by atoms with van der Waals surface area (Å²) < 4.78 is 4.95. The van der Waals surface area contributed by atoms with Crippen molar-refractivity contribution < 1.29 is 4.74 Å². The maximum atomic E-state index is 4.95. The van der Waals surface area contributed by atoms with Gasteiger partial charge in [-0.3, -0.25) is 4.90 Å². The third-order valence-electron chi connectivity index (χ3n) is 1.39. The van der Waals surface area contributed by atoms with E-state index in [1.165, 1.54) is 0 Å². The van der Waals surface area contributed by atoms with E-state index in [0.717, 1.165) is 26.2 Å². The van der Waals surface area contributed by atoms with E-state index in [1.807, 2.05) is 12.2 Å². The summed E-state index contributed by atoms with van der Waals surface area (Å²) in [6.07, 6.45) is 3.78. The van der Waals surface area contributed by atoms with Crippen molar-refractivity contribution in [3.05, 3.63) is 25.3 Å². The Morgan fingerprint density at radius 3 is 2.08 bits per heavy atom. The second-order valence-electron chi connectivity index (χ2n) is 2.33. The molecule has 0 saturated heterocycles. The molecule has 0 atom stereocenters. The number of hydrogen-bond acceptors (Lipinski definition) is 2. The summed E-state index contributed by atoms with van der Waals surface area (Å²) in [4.78, 5) is 2.21. The Kier molecular flexibility index (Phi) is 13.1. The molecule has 0 unspecified atom stereocenters. The Balaban J connectivity index is 0. The first-order chi connectivity index (χ1) is 5.35. The Morgan fingerprint density at radius 1 is 1.25 bits per heavy atom. The van der Waals surface area contributed by atoms with E-state index in [9.17, 15) is 0 Å². The number of ether oxygens (including phenoxy) is 1. The third kappa shape index (κ3) is 7.98. The molecule has 0 spiro atoms. The molecule has 3 heteroatoms. The van der Waals surface area contributed by atoms with Crippen molar-refractivity contribution >= 4 is 17.0 Å². The predicted octanol–water partition coefficient (Wildman–Crippen LogP) is 1.88. The molecular formula is C9H18BrNO. The molecule has 0 heterocycles. The maximum Gasteiger partial charge on any atom is 0.0589 e. The summed E-state index contributed by atoms with van der Waals surface area (Å²) in [7, 11) is 1.71. The van der Waals surface area contributed by atoms with Gasteiger partial charge in [0.05, 0.1) is 6.61 Å². The molecule has 0 radical (unpaired) electrons. The SMILES string of the molecule is Br.C=CCN(CC=C)CCOC. The summed E-state index contributed by atoms with van der Waals surface area (Å²) in [5, 5.41) is 0. The molecule has 0 rings (SSSR count). The van der Waals surface area contributed by atoms with E-state index in [2.05, 4.69) is 18.1 Å². The Hall–Kier alpha value is -0.120. The van der Waals surface area contributed by atoms with Gasteiger partial charge in [-0.2, -0.15) is 0 Å². The highest BCUT2D eigenvalue weighted by molar-refractivity contribution is 8.93. The number of nitrogens with zero attached hydrogens (tertiary/aromatic N) is 1. The number of hydrogen-bond donors (Lipinski definition) is 0. The Morgan fingerprint density at radius 2 is 1.75 bits per heavy atom. The van der Waals surface area contributed by atoms with Gasteiger partial charge in [0.1, 0.15) is 0 Å². The van der Waals surface area contributed by atoms with Crippen LogP contribution in [0, 0.1) is 0 Å². The average molecular weight is 236 g/mol. The van der Waals surface area contributed by atoms with Crippen molar-refractivity contribution in [3.63, 3.8) is 0 Å². The molecule has 0 N–H and O–H groups in total. The maximum absolute atomic E-state index is 4.95. The smallest absolute Gasteiger partial charge is 0.0589 e. The Bertz CT molecular complexity index is 107. The van der Waals surface area contributed by atoms with Gasteiger partial charge in [-0.25, -0.2) is 0 Å². The quantitative estimate of drug-likeness (QED) is 0.626. The van der Waals surface area contributed by atoms with Gasteiger partial charge in [0.25, 0.3) is 0 Å². The largest absolute Gasteiger partial charge is 0.383 e. The van der Waals surface area contributed by atoms with E-state index in [-0.39, 0.29) is 17.0 Å². The van der Waals surface area contributed by atoms with Crippen LogP contribution in [0.3, 0.4) is 0 Å². The van der Waals surface area contributed by atoms with Crippen LogP contribution in [0.5, 0.6) is 0 Å². The predicted molar refractivity (Wildman–Crippen MR) is 59.0 cm³/mol. The molecule has 2 nitrogen and oxygen atoms in total. The molecule has 0 saturated carbocycles. The summed E-state index contributed by atoms with van der Waals surface area (Å²) in [5.74, 6) is 0. The van der Waals surface area contributed by atoms with Crippen molar-refractivity contribution in [1.82, 2.24) is 4.90 Å². The second-order valence-corrected chi connectivity index (χ2v) is 2.33. The molecular weight excluding hydrogens is 218 g/mol. The third-order valence-corrected chi connectivity index (χ3v) is 1.39. The fraction of sp³-hybridized carbons (Fsp3) is 0.556. The van der Waals surface area contributed by atoms with Gasteiger partial charge in [0, 0.05) is 26.7 Å². The molecule has 0 amide bonds. The van der Waals surface area contributed by atoms with Crippen LogP contribution in [0.1, 0.15) is 0 Å². The highest BCUT2D eigenvalue weighted by Crippen LogP contribution is 1.88. The lowest BCUT2D eigenvalue weighted by atomic mass is 10.4. The van der Waals surface area contributed by atoms with E-state index in [0.29, 0.717) is 0 Å². The lowest BCUT2D eigenvalue weighted by Gasteiger charge is -2.17. The van der Waals surface area contributed by atoms with Crippen LogP contribution in [0.2, 0.25) is 0 Å². The minimum atomic E-state index is 0. The minimum absolute atomic E-state index is 0. The molecule has 0 aromatic carbocycles. The zero-order chi connectivity index (χ0) is 8.53. The summed E-state index contributed by atoms with van der Waals surface area (Å²) in [6.45, 7) is 10.8. The normalized spacial score (nSPS) is 9.17. The van der Waals surface area contributed by atoms with Gasteiger partial charge in [-0.05, 0) is 0 Å². The zero-order valence-electron chi connectivity index (χ0n) is 7.66. The molecule has 12 heavy (non-hydrogen) atoms. The van der Waals surface area contributed by atoms with Crippen LogP contribution in [0.25, 0.3) is 0 Å². The fourth-order valence-electron chi connectivity index (χ4n) is 0.843. The highest BCUT2D eigenvalue weighted by Gasteiger charge is 1.97. The molecule has 72 valence electrons. The molecule has 0 bridgehead atoms. The zero-order valence-corrected chi connectivity index (χ0v) is 9.37. The summed E-state index contributed by atoms with van der Waals surface area (Å²) in [6, 6.07) is 0. The van der Waals surface area contributed by atoms with Crippen LogP contribution in [-0.4, -0.2) is 38.3 Å². The monoisotopic (exact) mass is 235 g/mol. The molecule has 0 aliphatic carbocycles. The van der Waals surface area contributed by atoms with Gasteiger partial charge < -0.3 is 4.74 Å².